The van der Waals surface area contributed by atoms with E-state index in [-0.39, 0.29) is 17.7 Å². The van der Waals surface area contributed by atoms with E-state index < -0.39 is 0 Å². The monoisotopic (exact) mass is 454 g/mol. The van der Waals surface area contributed by atoms with Crippen molar-refractivity contribution in [3.05, 3.63) is 45.9 Å². The van der Waals surface area contributed by atoms with Gasteiger partial charge in [-0.1, -0.05) is 26.0 Å². The minimum atomic E-state index is -0.0263. The highest BCUT2D eigenvalue weighted by Gasteiger charge is 2.29. The number of amides is 2. The van der Waals surface area contributed by atoms with Gasteiger partial charge in [-0.25, -0.2) is 4.98 Å². The minimum absolute atomic E-state index is 0.0210. The summed E-state index contributed by atoms with van der Waals surface area (Å²) in [5.41, 5.74) is 2.34. The maximum atomic E-state index is 13.3. The fourth-order valence-corrected chi connectivity index (χ4v) is 5.68. The van der Waals surface area contributed by atoms with Gasteiger partial charge in [0.25, 0.3) is 5.91 Å². The van der Waals surface area contributed by atoms with Crippen molar-refractivity contribution in [1.29, 1.82) is 0 Å². The average molecular weight is 455 g/mol. The first-order valence-electron chi connectivity index (χ1n) is 11.7. The molecule has 32 heavy (non-hydrogen) atoms. The fourth-order valence-electron chi connectivity index (χ4n) is 5.08. The van der Waals surface area contributed by atoms with Crippen LogP contribution in [0.15, 0.2) is 29.6 Å². The van der Waals surface area contributed by atoms with Crippen LogP contribution in [0, 0.1) is 24.7 Å². The van der Waals surface area contributed by atoms with Crippen LogP contribution in [0.5, 0.6) is 0 Å². The third-order valence-electron chi connectivity index (χ3n) is 6.58. The summed E-state index contributed by atoms with van der Waals surface area (Å²) >= 11 is 1.68. The van der Waals surface area contributed by atoms with E-state index in [1.165, 1.54) is 0 Å². The van der Waals surface area contributed by atoms with Gasteiger partial charge in [-0.05, 0) is 63.2 Å². The predicted octanol–water partition coefficient (Wildman–Crippen LogP) is 4.42. The zero-order chi connectivity index (χ0) is 22.7. The lowest BCUT2D eigenvalue weighted by atomic mass is 9.91. The smallest absolute Gasteiger partial charge is 0.255 e. The molecule has 2 fully saturated rings. The van der Waals surface area contributed by atoms with Crippen molar-refractivity contribution < 1.29 is 9.59 Å². The number of aromatic nitrogens is 1. The second-order valence-corrected chi connectivity index (χ2v) is 10.7. The second-order valence-electron chi connectivity index (χ2n) is 9.60. The first kappa shape index (κ1) is 22.9. The zero-order valence-electron chi connectivity index (χ0n) is 19.3. The molecular weight excluding hydrogens is 420 g/mol. The SMILES string of the molecule is Cc1nc(CN2CCC(C(=O)Nc3ccccc3C(=O)N3CC(C)CC(C)C3)CC2)cs1. The number of nitrogens with one attached hydrogen (secondary N) is 1. The van der Waals surface area contributed by atoms with Crippen molar-refractivity contribution >= 4 is 28.8 Å². The van der Waals surface area contributed by atoms with Crippen molar-refractivity contribution in [3.8, 4) is 0 Å². The number of benzene rings is 1. The Morgan fingerprint density at radius 2 is 1.81 bits per heavy atom. The molecule has 0 bridgehead atoms. The molecule has 0 radical (unpaired) electrons. The molecule has 0 saturated carbocycles. The Balaban J connectivity index is 1.35. The second kappa shape index (κ2) is 10.1. The molecule has 2 atom stereocenters. The number of aryl methyl sites for hydroxylation is 1. The molecule has 0 aliphatic carbocycles. The summed E-state index contributed by atoms with van der Waals surface area (Å²) in [6.45, 7) is 10.6. The van der Waals surface area contributed by atoms with E-state index in [1.54, 1.807) is 11.3 Å². The maximum absolute atomic E-state index is 13.3. The molecular formula is C25H34N4O2S. The van der Waals surface area contributed by atoms with Crippen molar-refractivity contribution in [2.75, 3.05) is 31.5 Å². The Kier molecular flexibility index (Phi) is 7.26. The lowest BCUT2D eigenvalue weighted by molar-refractivity contribution is -0.121. The Morgan fingerprint density at radius 1 is 1.12 bits per heavy atom. The Morgan fingerprint density at radius 3 is 2.47 bits per heavy atom. The molecule has 2 saturated heterocycles. The molecule has 7 heteroatoms. The standard InChI is InChI=1S/C25H34N4O2S/c1-17-12-18(2)14-29(13-17)25(31)22-6-4-5-7-23(22)27-24(30)20-8-10-28(11-9-20)15-21-16-32-19(3)26-21/h4-7,16-18,20H,8-15H2,1-3H3,(H,27,30). The van der Waals surface area contributed by atoms with Crippen molar-refractivity contribution in [2.45, 2.75) is 46.6 Å². The van der Waals surface area contributed by atoms with E-state index in [0.29, 0.717) is 23.1 Å². The lowest BCUT2D eigenvalue weighted by Crippen LogP contribution is -2.43. The highest BCUT2D eigenvalue weighted by atomic mass is 32.1. The summed E-state index contributed by atoms with van der Waals surface area (Å²) in [6.07, 6.45) is 2.81. The number of hydrogen-bond donors (Lipinski definition) is 1. The van der Waals surface area contributed by atoms with Gasteiger partial charge in [0.15, 0.2) is 0 Å². The summed E-state index contributed by atoms with van der Waals surface area (Å²) in [5, 5.41) is 6.29. The number of hydrogen-bond acceptors (Lipinski definition) is 5. The first-order chi connectivity index (χ1) is 15.4. The quantitative estimate of drug-likeness (QED) is 0.726. The first-order valence-corrected chi connectivity index (χ1v) is 12.6. The normalized spacial score (nSPS) is 22.7. The molecule has 6 nitrogen and oxygen atoms in total. The number of thiazole rings is 1. The fraction of sp³-hybridized carbons (Fsp3) is 0.560. The van der Waals surface area contributed by atoms with Gasteiger partial charge in [0.1, 0.15) is 0 Å². The van der Waals surface area contributed by atoms with E-state index in [4.69, 9.17) is 0 Å². The van der Waals surface area contributed by atoms with Gasteiger partial charge in [-0.3, -0.25) is 14.5 Å². The number of piperidine rings is 2. The number of likely N-dealkylation sites (tertiary alicyclic amines) is 2. The highest BCUT2D eigenvalue weighted by molar-refractivity contribution is 7.09. The van der Waals surface area contributed by atoms with Gasteiger partial charge in [0, 0.05) is 30.9 Å². The van der Waals surface area contributed by atoms with Crippen LogP contribution in [0.4, 0.5) is 5.69 Å². The van der Waals surface area contributed by atoms with Crippen LogP contribution in [0.2, 0.25) is 0 Å². The molecule has 172 valence electrons. The molecule has 1 aromatic heterocycles. The number of para-hydroxylation sites is 1. The molecule has 2 aliphatic rings. The van der Waals surface area contributed by atoms with Crippen LogP contribution < -0.4 is 5.32 Å². The van der Waals surface area contributed by atoms with E-state index in [1.807, 2.05) is 36.1 Å². The molecule has 2 aliphatic heterocycles. The van der Waals surface area contributed by atoms with E-state index in [2.05, 4.69) is 34.4 Å². The van der Waals surface area contributed by atoms with E-state index >= 15 is 0 Å². The summed E-state index contributed by atoms with van der Waals surface area (Å²) in [7, 11) is 0. The Labute approximate surface area is 195 Å². The molecule has 2 aromatic rings. The zero-order valence-corrected chi connectivity index (χ0v) is 20.2. The van der Waals surface area contributed by atoms with Gasteiger partial charge in [0.2, 0.25) is 5.91 Å². The molecule has 2 unspecified atom stereocenters. The third kappa shape index (κ3) is 5.56. The highest BCUT2D eigenvalue weighted by Crippen LogP contribution is 2.26. The molecule has 4 rings (SSSR count). The van der Waals surface area contributed by atoms with Crippen molar-refractivity contribution in [3.63, 3.8) is 0 Å². The summed E-state index contributed by atoms with van der Waals surface area (Å²) in [4.78, 5) is 35.1. The topological polar surface area (TPSA) is 65.5 Å². The molecule has 1 aromatic carbocycles. The largest absolute Gasteiger partial charge is 0.338 e. The Bertz CT molecular complexity index is 941. The molecule has 1 N–H and O–H groups in total. The van der Waals surface area contributed by atoms with Crippen LogP contribution in [0.1, 0.15) is 54.2 Å². The van der Waals surface area contributed by atoms with E-state index in [0.717, 1.165) is 62.7 Å². The Hall–Kier alpha value is -2.25. The number of carbonyl (C=O) groups excluding carboxylic acids is 2. The third-order valence-corrected chi connectivity index (χ3v) is 7.40. The summed E-state index contributed by atoms with van der Waals surface area (Å²) < 4.78 is 0. The minimum Gasteiger partial charge on any atom is -0.338 e. The van der Waals surface area contributed by atoms with Crippen LogP contribution in [-0.4, -0.2) is 52.8 Å². The molecule has 2 amide bonds. The maximum Gasteiger partial charge on any atom is 0.255 e. The molecule has 0 spiro atoms. The number of nitrogens with zero attached hydrogens (tertiary/aromatic N) is 3. The lowest BCUT2D eigenvalue weighted by Gasteiger charge is -2.35. The van der Waals surface area contributed by atoms with Crippen LogP contribution in [-0.2, 0) is 11.3 Å². The van der Waals surface area contributed by atoms with Gasteiger partial charge in [-0.15, -0.1) is 11.3 Å². The van der Waals surface area contributed by atoms with Crippen LogP contribution in [0.25, 0.3) is 0 Å². The predicted molar refractivity (Wildman–Crippen MR) is 129 cm³/mol. The number of carbonyl (C=O) groups is 2. The molecule has 3 heterocycles. The summed E-state index contributed by atoms with van der Waals surface area (Å²) in [5.74, 6) is 1.02. The summed E-state index contributed by atoms with van der Waals surface area (Å²) in [6, 6.07) is 7.44. The van der Waals surface area contributed by atoms with E-state index in [9.17, 15) is 9.59 Å². The van der Waals surface area contributed by atoms with Crippen LogP contribution >= 0.6 is 11.3 Å². The van der Waals surface area contributed by atoms with Crippen LogP contribution in [0.3, 0.4) is 0 Å². The number of anilines is 1. The number of rotatable bonds is 5. The average Bonchev–Trinajstić information content (AvgIpc) is 3.18. The van der Waals surface area contributed by atoms with Gasteiger partial charge >= 0.3 is 0 Å². The van der Waals surface area contributed by atoms with Gasteiger partial charge < -0.3 is 10.2 Å². The van der Waals surface area contributed by atoms with Crippen molar-refractivity contribution in [1.82, 2.24) is 14.8 Å². The van der Waals surface area contributed by atoms with Crippen molar-refractivity contribution in [2.24, 2.45) is 17.8 Å². The van der Waals surface area contributed by atoms with Gasteiger partial charge in [-0.2, -0.15) is 0 Å². The van der Waals surface area contributed by atoms with Gasteiger partial charge in [0.05, 0.1) is 22.0 Å².